The number of methoxy groups -OCH3 is 1. The van der Waals surface area contributed by atoms with Gasteiger partial charge in [-0.15, -0.1) is 0 Å². The van der Waals surface area contributed by atoms with Crippen LogP contribution in [0, 0.1) is 6.92 Å². The molecule has 0 radical (unpaired) electrons. The molecular weight excluding hydrogens is 344 g/mol. The van der Waals surface area contributed by atoms with Crippen molar-refractivity contribution in [2.45, 2.75) is 11.8 Å². The zero-order chi connectivity index (χ0) is 17.6. The monoisotopic (exact) mass is 360 g/mol. The van der Waals surface area contributed by atoms with Gasteiger partial charge < -0.3 is 4.74 Å². The molecule has 0 amide bonds. The molecular formula is C17H16N2O3S2. The fraction of sp³-hybridized carbons (Fsp3) is 0.176. The van der Waals surface area contributed by atoms with Gasteiger partial charge in [-0.25, -0.2) is 13.4 Å². The molecule has 0 bridgehead atoms. The van der Waals surface area contributed by atoms with Crippen molar-refractivity contribution in [3.8, 4) is 5.75 Å². The number of amidine groups is 1. The Hall–Kier alpha value is -2.34. The number of aryl methyl sites for hydroxylation is 1. The summed E-state index contributed by atoms with van der Waals surface area (Å²) in [6.07, 6.45) is 0. The van der Waals surface area contributed by atoms with E-state index in [0.29, 0.717) is 11.3 Å². The summed E-state index contributed by atoms with van der Waals surface area (Å²) in [6, 6.07) is 13.5. The van der Waals surface area contributed by atoms with E-state index >= 15 is 0 Å². The highest BCUT2D eigenvalue weighted by Crippen LogP contribution is 2.15. The summed E-state index contributed by atoms with van der Waals surface area (Å²) in [5.41, 5.74) is 1.62. The van der Waals surface area contributed by atoms with E-state index in [2.05, 4.69) is 27.4 Å². The van der Waals surface area contributed by atoms with E-state index in [4.69, 9.17) is 4.74 Å². The van der Waals surface area contributed by atoms with Gasteiger partial charge >= 0.3 is 0 Å². The number of rotatable bonds is 5. The van der Waals surface area contributed by atoms with Crippen molar-refractivity contribution in [1.82, 2.24) is 0 Å². The summed E-state index contributed by atoms with van der Waals surface area (Å²) in [6.45, 7) is 1.89. The van der Waals surface area contributed by atoms with Gasteiger partial charge in [-0.1, -0.05) is 17.7 Å². The molecule has 0 aliphatic heterocycles. The Morgan fingerprint density at radius 1 is 1.12 bits per heavy atom. The molecule has 7 heteroatoms. The van der Waals surface area contributed by atoms with Crippen LogP contribution in [0.4, 0.5) is 0 Å². The van der Waals surface area contributed by atoms with Crippen LogP contribution in [0.1, 0.15) is 11.1 Å². The molecule has 0 saturated heterocycles. The lowest BCUT2D eigenvalue weighted by atomic mass is 10.2. The normalized spacial score (nSPS) is 11.7. The van der Waals surface area contributed by atoms with E-state index in [9.17, 15) is 8.42 Å². The van der Waals surface area contributed by atoms with Gasteiger partial charge in [-0.3, -0.25) is 0 Å². The standard InChI is InChI=1S/C17H16N2O3S2/c1-13-3-9-16(10-4-13)24(20,21)12-19-17(18-11-23)14-5-7-15(22-2)8-6-14/h3-10H,12H2,1-2H3. The Kier molecular flexibility index (Phi) is 5.98. The number of ether oxygens (including phenoxy) is 1. The van der Waals surface area contributed by atoms with E-state index in [1.807, 2.05) is 6.92 Å². The minimum atomic E-state index is -3.55. The minimum absolute atomic E-state index is 0.211. The molecule has 124 valence electrons. The molecule has 0 saturated carbocycles. The molecule has 0 aliphatic carbocycles. The fourth-order valence-corrected chi connectivity index (χ4v) is 3.02. The zero-order valence-corrected chi connectivity index (χ0v) is 14.9. The molecule has 0 spiro atoms. The maximum atomic E-state index is 12.4. The van der Waals surface area contributed by atoms with E-state index < -0.39 is 15.7 Å². The Bertz CT molecular complexity index is 880. The average molecular weight is 360 g/mol. The Labute approximate surface area is 146 Å². The lowest BCUT2D eigenvalue weighted by Gasteiger charge is -2.05. The smallest absolute Gasteiger partial charge is 0.198 e. The summed E-state index contributed by atoms with van der Waals surface area (Å²) in [4.78, 5) is 8.19. The van der Waals surface area contributed by atoms with Crippen molar-refractivity contribution in [2.24, 2.45) is 9.98 Å². The topological polar surface area (TPSA) is 68.1 Å². The van der Waals surface area contributed by atoms with Gasteiger partial charge in [0.05, 0.1) is 17.2 Å². The van der Waals surface area contributed by atoms with E-state index in [1.54, 1.807) is 55.6 Å². The maximum absolute atomic E-state index is 12.4. The first-order valence-electron chi connectivity index (χ1n) is 7.02. The molecule has 2 aromatic carbocycles. The summed E-state index contributed by atoms with van der Waals surface area (Å²) in [7, 11) is -1.98. The lowest BCUT2D eigenvalue weighted by molar-refractivity contribution is 0.415. The molecule has 24 heavy (non-hydrogen) atoms. The second-order valence-corrected chi connectivity index (χ2v) is 7.11. The van der Waals surface area contributed by atoms with Crippen molar-refractivity contribution >= 4 is 33.1 Å². The third-order valence-corrected chi connectivity index (χ3v) is 4.81. The molecule has 0 heterocycles. The molecule has 2 aromatic rings. The number of sulfone groups is 1. The molecule has 0 fully saturated rings. The lowest BCUT2D eigenvalue weighted by Crippen LogP contribution is -2.08. The zero-order valence-electron chi connectivity index (χ0n) is 13.3. The number of hydrogen-bond acceptors (Lipinski definition) is 5. The predicted octanol–water partition coefficient (Wildman–Crippen LogP) is 3.28. The van der Waals surface area contributed by atoms with Crippen molar-refractivity contribution in [1.29, 1.82) is 0 Å². The van der Waals surface area contributed by atoms with Crippen LogP contribution in [0.25, 0.3) is 0 Å². The number of aliphatic imine (C=N–C) groups is 2. The molecule has 0 unspecified atom stereocenters. The number of nitrogens with zero attached hydrogens (tertiary/aromatic N) is 2. The number of hydrogen-bond donors (Lipinski definition) is 0. The maximum Gasteiger partial charge on any atom is 0.198 e. The SMILES string of the molecule is COc1ccc(C(N=C=S)=NCS(=O)(=O)c2ccc(C)cc2)cc1. The number of thiocarbonyl (C=S) groups is 1. The second-order valence-electron chi connectivity index (χ2n) is 4.97. The van der Waals surface area contributed by atoms with Gasteiger partial charge in [-0.2, -0.15) is 4.99 Å². The van der Waals surface area contributed by atoms with Crippen molar-refractivity contribution in [3.05, 3.63) is 59.7 Å². The van der Waals surface area contributed by atoms with Crippen molar-refractivity contribution in [2.75, 3.05) is 13.0 Å². The second kappa shape index (κ2) is 7.97. The van der Waals surface area contributed by atoms with Crippen LogP contribution >= 0.6 is 12.2 Å². The van der Waals surface area contributed by atoms with E-state index in [1.165, 1.54) is 0 Å². The third-order valence-electron chi connectivity index (χ3n) is 3.26. The molecule has 2 rings (SSSR count). The van der Waals surface area contributed by atoms with Crippen LogP contribution in [0.3, 0.4) is 0 Å². The number of isothiocyanates is 1. The fourth-order valence-electron chi connectivity index (χ4n) is 1.94. The summed E-state index contributed by atoms with van der Waals surface area (Å²) in [5.74, 6) is 0.470. The molecule has 0 N–H and O–H groups in total. The first-order chi connectivity index (χ1) is 11.5. The first-order valence-corrected chi connectivity index (χ1v) is 9.08. The molecule has 0 atom stereocenters. The minimum Gasteiger partial charge on any atom is -0.497 e. The van der Waals surface area contributed by atoms with Crippen LogP contribution in [-0.4, -0.2) is 32.4 Å². The molecule has 0 aliphatic rings. The van der Waals surface area contributed by atoms with Crippen molar-refractivity contribution < 1.29 is 13.2 Å². The highest BCUT2D eigenvalue weighted by molar-refractivity contribution is 7.91. The van der Waals surface area contributed by atoms with Gasteiger partial charge in [0.2, 0.25) is 0 Å². The quantitative estimate of drug-likeness (QED) is 0.466. The van der Waals surface area contributed by atoms with Crippen LogP contribution < -0.4 is 4.74 Å². The molecule has 5 nitrogen and oxygen atoms in total. The van der Waals surface area contributed by atoms with Crippen LogP contribution in [-0.2, 0) is 9.84 Å². The van der Waals surface area contributed by atoms with E-state index in [0.717, 1.165) is 5.56 Å². The van der Waals surface area contributed by atoms with Crippen molar-refractivity contribution in [3.63, 3.8) is 0 Å². The predicted molar refractivity (Wildman–Crippen MR) is 97.8 cm³/mol. The van der Waals surface area contributed by atoms with Crippen LogP contribution in [0.2, 0.25) is 0 Å². The largest absolute Gasteiger partial charge is 0.497 e. The summed E-state index contributed by atoms with van der Waals surface area (Å²) >= 11 is 4.62. The average Bonchev–Trinajstić information content (AvgIpc) is 2.59. The van der Waals surface area contributed by atoms with Crippen LogP contribution in [0.5, 0.6) is 5.75 Å². The Morgan fingerprint density at radius 3 is 2.29 bits per heavy atom. The number of benzene rings is 2. The van der Waals surface area contributed by atoms with Crippen LogP contribution in [0.15, 0.2) is 63.4 Å². The summed E-state index contributed by atoms with van der Waals surface area (Å²) in [5, 5.41) is 2.23. The van der Waals surface area contributed by atoms with Gasteiger partial charge in [0, 0.05) is 5.56 Å². The third kappa shape index (κ3) is 4.58. The Morgan fingerprint density at radius 2 is 1.75 bits per heavy atom. The first kappa shape index (κ1) is 18.0. The Balaban J connectivity index is 2.30. The van der Waals surface area contributed by atoms with E-state index in [-0.39, 0.29) is 10.7 Å². The van der Waals surface area contributed by atoms with Gasteiger partial charge in [0.15, 0.2) is 15.7 Å². The highest BCUT2D eigenvalue weighted by atomic mass is 32.2. The molecule has 0 aromatic heterocycles. The van der Waals surface area contributed by atoms with Gasteiger partial charge in [0.25, 0.3) is 0 Å². The summed E-state index contributed by atoms with van der Waals surface area (Å²) < 4.78 is 29.8. The highest BCUT2D eigenvalue weighted by Gasteiger charge is 2.14. The van der Waals surface area contributed by atoms with Gasteiger partial charge in [0.1, 0.15) is 11.6 Å². The van der Waals surface area contributed by atoms with Gasteiger partial charge in [-0.05, 0) is 55.5 Å².